The minimum Gasteiger partial charge on any atom is -0.327 e. The average Bonchev–Trinajstić information content (AvgIpc) is 2.28. The third-order valence-electron chi connectivity index (χ3n) is 4.84. The summed E-state index contributed by atoms with van der Waals surface area (Å²) in [5.74, 6) is 0.647. The van der Waals surface area contributed by atoms with E-state index in [2.05, 4.69) is 30.7 Å². The van der Waals surface area contributed by atoms with Gasteiger partial charge in [0.1, 0.15) is 0 Å². The van der Waals surface area contributed by atoms with Gasteiger partial charge in [0.2, 0.25) is 0 Å². The van der Waals surface area contributed by atoms with E-state index in [0.29, 0.717) is 18.0 Å². The number of nitrogens with zero attached hydrogens (tertiary/aromatic N) is 2. The van der Waals surface area contributed by atoms with Gasteiger partial charge in [0, 0.05) is 24.7 Å². The molecular formula is C13H27N3. The minimum atomic E-state index is 0.414. The van der Waals surface area contributed by atoms with Crippen LogP contribution in [0.3, 0.4) is 0 Å². The molecule has 2 saturated heterocycles. The molecule has 3 atom stereocenters. The molecule has 0 aromatic carbocycles. The zero-order valence-electron chi connectivity index (χ0n) is 11.0. The highest BCUT2D eigenvalue weighted by Crippen LogP contribution is 2.27. The lowest BCUT2D eigenvalue weighted by atomic mass is 9.85. The SMILES string of the molecule is CC1C(N)CCN(C2CCN(C)CC2)C1C. The molecule has 0 aromatic heterocycles. The van der Waals surface area contributed by atoms with Gasteiger partial charge in [-0.25, -0.2) is 0 Å². The number of hydrogen-bond acceptors (Lipinski definition) is 3. The van der Waals surface area contributed by atoms with Crippen molar-refractivity contribution in [3.05, 3.63) is 0 Å². The Morgan fingerprint density at radius 1 is 1.00 bits per heavy atom. The van der Waals surface area contributed by atoms with Crippen LogP contribution >= 0.6 is 0 Å². The zero-order chi connectivity index (χ0) is 11.7. The van der Waals surface area contributed by atoms with Crippen LogP contribution in [-0.4, -0.2) is 54.6 Å². The first-order chi connectivity index (χ1) is 7.59. The Morgan fingerprint density at radius 2 is 1.62 bits per heavy atom. The Balaban J connectivity index is 1.94. The summed E-state index contributed by atoms with van der Waals surface area (Å²) in [7, 11) is 2.23. The number of likely N-dealkylation sites (tertiary alicyclic amines) is 2. The first-order valence-corrected chi connectivity index (χ1v) is 6.79. The van der Waals surface area contributed by atoms with E-state index in [1.54, 1.807) is 0 Å². The van der Waals surface area contributed by atoms with E-state index in [-0.39, 0.29) is 0 Å². The molecule has 2 aliphatic heterocycles. The predicted octanol–water partition coefficient (Wildman–Crippen LogP) is 1.14. The molecule has 2 aliphatic rings. The van der Waals surface area contributed by atoms with Gasteiger partial charge in [-0.15, -0.1) is 0 Å². The van der Waals surface area contributed by atoms with Gasteiger partial charge < -0.3 is 10.6 Å². The number of rotatable bonds is 1. The quantitative estimate of drug-likeness (QED) is 0.726. The normalized spacial score (nSPS) is 40.1. The van der Waals surface area contributed by atoms with Crippen LogP contribution in [0.5, 0.6) is 0 Å². The highest BCUT2D eigenvalue weighted by molar-refractivity contribution is 4.91. The zero-order valence-corrected chi connectivity index (χ0v) is 11.0. The number of piperidine rings is 2. The van der Waals surface area contributed by atoms with Crippen molar-refractivity contribution < 1.29 is 0 Å². The van der Waals surface area contributed by atoms with Crippen LogP contribution in [0.15, 0.2) is 0 Å². The van der Waals surface area contributed by atoms with Crippen LogP contribution < -0.4 is 5.73 Å². The molecule has 2 rings (SSSR count). The van der Waals surface area contributed by atoms with E-state index in [1.165, 1.54) is 38.9 Å². The molecule has 0 amide bonds. The van der Waals surface area contributed by atoms with Crippen molar-refractivity contribution in [1.82, 2.24) is 9.80 Å². The summed E-state index contributed by atoms with van der Waals surface area (Å²) < 4.78 is 0. The van der Waals surface area contributed by atoms with Crippen molar-refractivity contribution in [2.75, 3.05) is 26.7 Å². The molecule has 0 saturated carbocycles. The molecule has 2 heterocycles. The van der Waals surface area contributed by atoms with Crippen LogP contribution in [-0.2, 0) is 0 Å². The maximum atomic E-state index is 6.15. The van der Waals surface area contributed by atoms with Gasteiger partial charge >= 0.3 is 0 Å². The Morgan fingerprint density at radius 3 is 2.25 bits per heavy atom. The molecule has 94 valence electrons. The summed E-state index contributed by atoms with van der Waals surface area (Å²) in [6.07, 6.45) is 3.85. The second-order valence-electron chi connectivity index (χ2n) is 5.82. The molecule has 2 fully saturated rings. The van der Waals surface area contributed by atoms with Crippen LogP contribution in [0, 0.1) is 5.92 Å². The minimum absolute atomic E-state index is 0.414. The van der Waals surface area contributed by atoms with Crippen molar-refractivity contribution >= 4 is 0 Å². The second-order valence-corrected chi connectivity index (χ2v) is 5.82. The largest absolute Gasteiger partial charge is 0.327 e. The lowest BCUT2D eigenvalue weighted by Crippen LogP contribution is -2.56. The smallest absolute Gasteiger partial charge is 0.0123 e. The highest BCUT2D eigenvalue weighted by atomic mass is 15.2. The molecular weight excluding hydrogens is 198 g/mol. The maximum Gasteiger partial charge on any atom is 0.0123 e. The van der Waals surface area contributed by atoms with Gasteiger partial charge in [-0.05, 0) is 52.2 Å². The number of nitrogens with two attached hydrogens (primary N) is 1. The topological polar surface area (TPSA) is 32.5 Å². The van der Waals surface area contributed by atoms with Gasteiger partial charge in [-0.3, -0.25) is 4.90 Å². The van der Waals surface area contributed by atoms with Gasteiger partial charge in [-0.2, -0.15) is 0 Å². The van der Waals surface area contributed by atoms with Gasteiger partial charge in [0.25, 0.3) is 0 Å². The summed E-state index contributed by atoms with van der Waals surface area (Å²) >= 11 is 0. The van der Waals surface area contributed by atoms with Gasteiger partial charge in [0.05, 0.1) is 0 Å². The van der Waals surface area contributed by atoms with Crippen molar-refractivity contribution in [3.63, 3.8) is 0 Å². The Hall–Kier alpha value is -0.120. The van der Waals surface area contributed by atoms with Crippen molar-refractivity contribution in [2.24, 2.45) is 11.7 Å². The van der Waals surface area contributed by atoms with Crippen LogP contribution in [0.4, 0.5) is 0 Å². The van der Waals surface area contributed by atoms with E-state index in [0.717, 1.165) is 6.04 Å². The summed E-state index contributed by atoms with van der Waals surface area (Å²) in [6, 6.07) is 1.89. The molecule has 0 aliphatic carbocycles. The molecule has 0 bridgehead atoms. The monoisotopic (exact) mass is 225 g/mol. The molecule has 3 heteroatoms. The van der Waals surface area contributed by atoms with Crippen molar-refractivity contribution in [2.45, 2.75) is 51.2 Å². The molecule has 16 heavy (non-hydrogen) atoms. The summed E-state index contributed by atoms with van der Waals surface area (Å²) in [6.45, 7) is 8.40. The lowest BCUT2D eigenvalue weighted by molar-refractivity contribution is 0.0290. The van der Waals surface area contributed by atoms with Gasteiger partial charge in [0.15, 0.2) is 0 Å². The van der Waals surface area contributed by atoms with E-state index in [4.69, 9.17) is 5.73 Å². The van der Waals surface area contributed by atoms with E-state index in [9.17, 15) is 0 Å². The Bertz CT molecular complexity index is 223. The third kappa shape index (κ3) is 2.41. The third-order valence-corrected chi connectivity index (χ3v) is 4.84. The maximum absolute atomic E-state index is 6.15. The van der Waals surface area contributed by atoms with Gasteiger partial charge in [-0.1, -0.05) is 6.92 Å². The summed E-state index contributed by atoms with van der Waals surface area (Å²) in [5.41, 5.74) is 6.15. The fraction of sp³-hybridized carbons (Fsp3) is 1.00. The Labute approximate surface area is 100.0 Å². The van der Waals surface area contributed by atoms with E-state index < -0.39 is 0 Å². The molecule has 0 radical (unpaired) electrons. The number of hydrogen-bond donors (Lipinski definition) is 1. The fourth-order valence-corrected chi connectivity index (χ4v) is 3.27. The van der Waals surface area contributed by atoms with Crippen LogP contribution in [0.1, 0.15) is 33.1 Å². The first kappa shape index (κ1) is 12.3. The lowest BCUT2D eigenvalue weighted by Gasteiger charge is -2.47. The van der Waals surface area contributed by atoms with Crippen LogP contribution in [0.2, 0.25) is 0 Å². The van der Waals surface area contributed by atoms with Crippen LogP contribution in [0.25, 0.3) is 0 Å². The summed E-state index contributed by atoms with van der Waals surface area (Å²) in [5, 5.41) is 0. The molecule has 2 N–H and O–H groups in total. The highest BCUT2D eigenvalue weighted by Gasteiger charge is 2.34. The van der Waals surface area contributed by atoms with Crippen molar-refractivity contribution in [3.8, 4) is 0 Å². The van der Waals surface area contributed by atoms with Crippen molar-refractivity contribution in [1.29, 1.82) is 0 Å². The van der Waals surface area contributed by atoms with E-state index >= 15 is 0 Å². The fourth-order valence-electron chi connectivity index (χ4n) is 3.27. The standard InChI is InChI=1S/C13H27N3/c1-10-11(2)16(9-6-13(10)14)12-4-7-15(3)8-5-12/h10-13H,4-9,14H2,1-3H3. The molecule has 0 spiro atoms. The summed E-state index contributed by atoms with van der Waals surface area (Å²) in [4.78, 5) is 5.17. The Kier molecular flexibility index (Phi) is 3.88. The first-order valence-electron chi connectivity index (χ1n) is 6.79. The van der Waals surface area contributed by atoms with E-state index in [1.807, 2.05) is 0 Å². The molecule has 0 aromatic rings. The predicted molar refractivity (Wildman–Crippen MR) is 68.4 cm³/mol. The average molecular weight is 225 g/mol. The second kappa shape index (κ2) is 5.03. The molecule has 3 unspecified atom stereocenters. The molecule has 3 nitrogen and oxygen atoms in total.